The molecular formula is C18H25ClN4OS. The quantitative estimate of drug-likeness (QED) is 0.783. The Morgan fingerprint density at radius 1 is 1.44 bits per heavy atom. The summed E-state index contributed by atoms with van der Waals surface area (Å²) in [6, 6.07) is 4.17. The molecule has 0 aromatic carbocycles. The van der Waals surface area contributed by atoms with Crippen LogP contribution in [0.3, 0.4) is 0 Å². The molecule has 1 saturated heterocycles. The van der Waals surface area contributed by atoms with Crippen molar-refractivity contribution < 1.29 is 4.79 Å². The zero-order chi connectivity index (χ0) is 16.9. The van der Waals surface area contributed by atoms with Gasteiger partial charge in [-0.15, -0.1) is 24.2 Å². The number of fused-ring (bicyclic) bond motifs is 2. The van der Waals surface area contributed by atoms with E-state index in [-0.39, 0.29) is 24.2 Å². The second-order valence-electron chi connectivity index (χ2n) is 7.27. The van der Waals surface area contributed by atoms with Crippen molar-refractivity contribution in [3.63, 3.8) is 0 Å². The third-order valence-electron chi connectivity index (χ3n) is 5.22. The van der Waals surface area contributed by atoms with Crippen LogP contribution < -0.4 is 10.6 Å². The van der Waals surface area contributed by atoms with E-state index in [1.165, 1.54) is 4.90 Å². The van der Waals surface area contributed by atoms with Crippen molar-refractivity contribution in [1.82, 2.24) is 20.0 Å². The lowest BCUT2D eigenvalue weighted by atomic mass is 10.0. The van der Waals surface area contributed by atoms with Gasteiger partial charge in [0.25, 0.3) is 0 Å². The molecular weight excluding hydrogens is 356 g/mol. The first-order valence-corrected chi connectivity index (χ1v) is 9.63. The maximum atomic E-state index is 12.7. The third-order valence-corrected chi connectivity index (χ3v) is 6.17. The summed E-state index contributed by atoms with van der Waals surface area (Å²) >= 11 is 1.81. The van der Waals surface area contributed by atoms with E-state index in [0.717, 1.165) is 30.2 Å². The lowest BCUT2D eigenvalue weighted by Gasteiger charge is -2.26. The van der Waals surface area contributed by atoms with Crippen molar-refractivity contribution in [2.75, 3.05) is 18.8 Å². The van der Waals surface area contributed by atoms with Crippen molar-refractivity contribution >= 4 is 35.6 Å². The van der Waals surface area contributed by atoms with E-state index in [4.69, 9.17) is 0 Å². The number of thioether (sulfide) groups is 1. The van der Waals surface area contributed by atoms with Crippen molar-refractivity contribution in [3.05, 3.63) is 30.4 Å². The zero-order valence-corrected chi connectivity index (χ0v) is 16.4. The minimum atomic E-state index is -0.497. The van der Waals surface area contributed by atoms with Crippen molar-refractivity contribution in [2.45, 2.75) is 31.2 Å². The number of halogens is 1. The van der Waals surface area contributed by atoms with Crippen LogP contribution in [0.5, 0.6) is 0 Å². The molecule has 2 aliphatic rings. The van der Waals surface area contributed by atoms with E-state index in [0.29, 0.717) is 11.8 Å². The second-order valence-corrected chi connectivity index (χ2v) is 8.57. The first-order valence-electron chi connectivity index (χ1n) is 8.65. The molecule has 0 bridgehead atoms. The predicted molar refractivity (Wildman–Crippen MR) is 103 cm³/mol. The molecule has 2 aromatic heterocycles. The highest BCUT2D eigenvalue weighted by Gasteiger charge is 2.57. The summed E-state index contributed by atoms with van der Waals surface area (Å²) in [6.45, 7) is 8.18. The summed E-state index contributed by atoms with van der Waals surface area (Å²) in [5.41, 5.74) is 0.609. The Hall–Kier alpha value is -1.24. The van der Waals surface area contributed by atoms with E-state index in [1.807, 2.05) is 44.1 Å². The highest BCUT2D eigenvalue weighted by Crippen LogP contribution is 2.49. The summed E-state index contributed by atoms with van der Waals surface area (Å²) in [4.78, 5) is 18.5. The minimum absolute atomic E-state index is 0. The molecule has 2 N–H and O–H groups in total. The van der Waals surface area contributed by atoms with Gasteiger partial charge in [-0.25, -0.2) is 4.98 Å². The summed E-state index contributed by atoms with van der Waals surface area (Å²) in [6.07, 6.45) is 3.94. The molecule has 136 valence electrons. The molecule has 1 amide bonds. The molecule has 3 atom stereocenters. The number of imidazole rings is 1. The molecule has 0 spiro atoms. The lowest BCUT2D eigenvalue weighted by molar-refractivity contribution is -0.124. The maximum absolute atomic E-state index is 12.7. The van der Waals surface area contributed by atoms with Gasteiger partial charge in [0.1, 0.15) is 5.82 Å². The Balaban J connectivity index is 0.00000182. The first-order chi connectivity index (χ1) is 11.5. The summed E-state index contributed by atoms with van der Waals surface area (Å²) < 4.78 is 2.10. The zero-order valence-electron chi connectivity index (χ0n) is 14.8. The Bertz CT molecular complexity index is 780. The van der Waals surface area contributed by atoms with Crippen LogP contribution in [0.2, 0.25) is 0 Å². The van der Waals surface area contributed by atoms with Crippen molar-refractivity contribution in [3.8, 4) is 0 Å². The standard InChI is InChI=1S/C18H24N4OS.ClH/c1-4-24-14-6-5-7-22-13(14)10-20-17(22)18(2,3)21-16(23)15-11-8-19-9-12(11)15;/h5-7,10-12,15,19H,4,8-9H2,1-3H3,(H,21,23);1H/t11-,12+,15-;. The van der Waals surface area contributed by atoms with Crippen LogP contribution >= 0.6 is 24.2 Å². The van der Waals surface area contributed by atoms with Crippen LogP contribution in [-0.4, -0.2) is 34.1 Å². The highest BCUT2D eigenvalue weighted by atomic mass is 35.5. The molecule has 1 aliphatic heterocycles. The van der Waals surface area contributed by atoms with Gasteiger partial charge in [0.15, 0.2) is 0 Å². The Kier molecular flexibility index (Phi) is 5.06. The smallest absolute Gasteiger partial charge is 0.224 e. The number of hydrogen-bond acceptors (Lipinski definition) is 4. The monoisotopic (exact) mass is 380 g/mol. The van der Waals surface area contributed by atoms with Crippen molar-refractivity contribution in [2.24, 2.45) is 17.8 Å². The topological polar surface area (TPSA) is 58.4 Å². The van der Waals surface area contributed by atoms with Gasteiger partial charge in [-0.3, -0.25) is 4.79 Å². The predicted octanol–water partition coefficient (Wildman–Crippen LogP) is 2.68. The SMILES string of the molecule is CCSc1cccn2c(C(C)(C)NC(=O)[C@@H]3[C@@H]4CNC[C@@H]43)ncc12.Cl. The number of pyridine rings is 1. The summed E-state index contributed by atoms with van der Waals surface area (Å²) in [5, 5.41) is 6.58. The third kappa shape index (κ3) is 3.15. The van der Waals surface area contributed by atoms with Crippen LogP contribution in [0.4, 0.5) is 0 Å². The van der Waals surface area contributed by atoms with Crippen molar-refractivity contribution in [1.29, 1.82) is 0 Å². The second kappa shape index (κ2) is 6.82. The van der Waals surface area contributed by atoms with Gasteiger partial charge in [-0.1, -0.05) is 6.92 Å². The largest absolute Gasteiger partial charge is 0.344 e. The first kappa shape index (κ1) is 18.5. The highest BCUT2D eigenvalue weighted by molar-refractivity contribution is 7.99. The average Bonchev–Trinajstić information content (AvgIpc) is 2.91. The molecule has 0 unspecified atom stereocenters. The molecule has 1 saturated carbocycles. The van der Waals surface area contributed by atoms with Crippen LogP contribution in [0, 0.1) is 17.8 Å². The molecule has 2 fully saturated rings. The van der Waals surface area contributed by atoms with Crippen LogP contribution in [0.15, 0.2) is 29.4 Å². The fourth-order valence-corrected chi connectivity index (χ4v) is 4.78. The van der Waals surface area contributed by atoms with Gasteiger partial charge >= 0.3 is 0 Å². The average molecular weight is 381 g/mol. The number of nitrogens with one attached hydrogen (secondary N) is 2. The van der Waals surface area contributed by atoms with Crippen LogP contribution in [0.1, 0.15) is 26.6 Å². The fraction of sp³-hybridized carbons (Fsp3) is 0.556. The van der Waals surface area contributed by atoms with Crippen LogP contribution in [0.25, 0.3) is 5.52 Å². The van der Waals surface area contributed by atoms with Gasteiger partial charge in [0.05, 0.1) is 17.3 Å². The molecule has 7 heteroatoms. The summed E-state index contributed by atoms with van der Waals surface area (Å²) in [7, 11) is 0. The maximum Gasteiger partial charge on any atom is 0.224 e. The summed E-state index contributed by atoms with van der Waals surface area (Å²) in [5.74, 6) is 3.33. The number of carbonyl (C=O) groups is 1. The van der Waals surface area contributed by atoms with Gasteiger partial charge in [-0.05, 0) is 56.7 Å². The molecule has 5 nitrogen and oxygen atoms in total. The van der Waals surface area contributed by atoms with E-state index in [1.54, 1.807) is 0 Å². The number of nitrogens with zero attached hydrogens (tertiary/aromatic N) is 2. The normalized spacial score (nSPS) is 24.7. The molecule has 0 radical (unpaired) electrons. The van der Waals surface area contributed by atoms with E-state index in [9.17, 15) is 4.79 Å². The number of hydrogen-bond donors (Lipinski definition) is 2. The molecule has 3 heterocycles. The number of carbonyl (C=O) groups excluding carboxylic acids is 1. The van der Waals surface area contributed by atoms with E-state index < -0.39 is 5.54 Å². The van der Waals surface area contributed by atoms with Gasteiger partial charge in [-0.2, -0.15) is 0 Å². The Labute approximate surface area is 158 Å². The molecule has 1 aliphatic carbocycles. The minimum Gasteiger partial charge on any atom is -0.344 e. The van der Waals surface area contributed by atoms with Gasteiger partial charge in [0, 0.05) is 17.0 Å². The van der Waals surface area contributed by atoms with E-state index in [2.05, 4.69) is 33.0 Å². The molecule has 4 rings (SSSR count). The number of piperidine rings is 1. The van der Waals surface area contributed by atoms with E-state index >= 15 is 0 Å². The molecule has 2 aromatic rings. The van der Waals surface area contributed by atoms with Gasteiger partial charge < -0.3 is 15.0 Å². The Morgan fingerprint density at radius 2 is 2.16 bits per heavy atom. The number of rotatable bonds is 5. The van der Waals surface area contributed by atoms with Crippen LogP contribution in [-0.2, 0) is 10.3 Å². The Morgan fingerprint density at radius 3 is 2.84 bits per heavy atom. The fourth-order valence-electron chi connectivity index (χ4n) is 3.99. The number of aromatic nitrogens is 2. The number of amides is 1. The molecule has 25 heavy (non-hydrogen) atoms. The lowest BCUT2D eigenvalue weighted by Crippen LogP contribution is -2.44. The van der Waals surface area contributed by atoms with Gasteiger partial charge in [0.2, 0.25) is 5.91 Å².